The van der Waals surface area contributed by atoms with Crippen LogP contribution in [0.15, 0.2) is 47.6 Å². The molecule has 0 radical (unpaired) electrons. The van der Waals surface area contributed by atoms with Crippen LogP contribution in [0.25, 0.3) is 16.3 Å². The number of piperidine rings is 1. The van der Waals surface area contributed by atoms with Gasteiger partial charge in [-0.1, -0.05) is 35.0 Å². The molecular weight excluding hydrogens is 669 g/mol. The highest BCUT2D eigenvalue weighted by molar-refractivity contribution is 9.10. The van der Waals surface area contributed by atoms with Crippen LogP contribution in [0, 0.1) is 18.2 Å². The van der Waals surface area contributed by atoms with Gasteiger partial charge in [0.25, 0.3) is 0 Å². The number of aryl methyl sites for hydroxylation is 1. The van der Waals surface area contributed by atoms with Crippen LogP contribution in [-0.2, 0) is 20.7 Å². The molecule has 11 heteroatoms. The number of thiazole rings is 1. The maximum absolute atomic E-state index is 13.6. The van der Waals surface area contributed by atoms with Gasteiger partial charge in [0.2, 0.25) is 0 Å². The Bertz CT molecular complexity index is 1720. The van der Waals surface area contributed by atoms with Crippen molar-refractivity contribution in [3.05, 3.63) is 75.1 Å². The van der Waals surface area contributed by atoms with Crippen molar-refractivity contribution in [2.24, 2.45) is 5.41 Å². The molecule has 1 aliphatic rings. The van der Waals surface area contributed by atoms with Gasteiger partial charge in [0.15, 0.2) is 11.8 Å². The van der Waals surface area contributed by atoms with Crippen molar-refractivity contribution in [1.82, 2.24) is 19.6 Å². The third-order valence-electron chi connectivity index (χ3n) is 8.41. The lowest BCUT2D eigenvalue weighted by atomic mass is 9.76. The number of carbonyl (C=O) groups is 1. The van der Waals surface area contributed by atoms with Crippen molar-refractivity contribution in [3.8, 4) is 10.7 Å². The smallest absolute Gasteiger partial charge is 0.340 e. The summed E-state index contributed by atoms with van der Waals surface area (Å²) in [6.45, 7) is 17.6. The Labute approximate surface area is 283 Å². The predicted molar refractivity (Wildman–Crippen MR) is 185 cm³/mol. The van der Waals surface area contributed by atoms with Crippen LogP contribution >= 0.6 is 27.3 Å². The lowest BCUT2D eigenvalue weighted by molar-refractivity contribution is -0.166. The molecule has 0 bridgehead atoms. The second-order valence-corrected chi connectivity index (χ2v) is 15.2. The molecule has 1 fully saturated rings. The van der Waals surface area contributed by atoms with Crippen LogP contribution < -0.4 is 4.90 Å². The normalized spacial score (nSPS) is 15.7. The largest absolute Gasteiger partial charge is 0.464 e. The molecule has 1 aromatic carbocycles. The van der Waals surface area contributed by atoms with Gasteiger partial charge >= 0.3 is 5.97 Å². The number of nitrogens with zero attached hydrogens (tertiary/aromatic N) is 5. The summed E-state index contributed by atoms with van der Waals surface area (Å²) in [5.41, 5.74) is 3.29. The Morgan fingerprint density at radius 2 is 2.00 bits per heavy atom. The first-order chi connectivity index (χ1) is 21.8. The first kappa shape index (κ1) is 34.2. The van der Waals surface area contributed by atoms with Crippen LogP contribution in [0.1, 0.15) is 88.1 Å². The lowest BCUT2D eigenvalue weighted by Crippen LogP contribution is -2.41. The van der Waals surface area contributed by atoms with E-state index in [0.29, 0.717) is 29.0 Å². The first-order valence-corrected chi connectivity index (χ1v) is 17.4. The third-order valence-corrected chi connectivity index (χ3v) is 10.2. The zero-order chi connectivity index (χ0) is 33.2. The summed E-state index contributed by atoms with van der Waals surface area (Å²) in [5.74, 6) is 0.0741. The van der Waals surface area contributed by atoms with Crippen LogP contribution in [0.4, 0.5) is 10.2 Å². The fourth-order valence-electron chi connectivity index (χ4n) is 5.95. The Morgan fingerprint density at radius 3 is 2.65 bits per heavy atom. The van der Waals surface area contributed by atoms with Crippen LogP contribution in [0.2, 0.25) is 0 Å². The Morgan fingerprint density at radius 1 is 1.26 bits per heavy atom. The van der Waals surface area contributed by atoms with Crippen LogP contribution in [0.3, 0.4) is 0 Å². The summed E-state index contributed by atoms with van der Waals surface area (Å²) < 4.78 is 28.2. The van der Waals surface area contributed by atoms with Crippen molar-refractivity contribution in [3.63, 3.8) is 0 Å². The van der Waals surface area contributed by atoms with Crippen molar-refractivity contribution >= 4 is 44.7 Å². The molecule has 4 heterocycles. The average molecular weight is 713 g/mol. The van der Waals surface area contributed by atoms with Crippen molar-refractivity contribution in [1.29, 1.82) is 0 Å². The molecule has 1 unspecified atom stereocenters. The SMILES string of the molecule is C=CCCC1(C)CCN(c2c(C(OC(C)(C)C)C(=O)OCC)c(C)nc3cc(-c4ncc(Cc5ccc(F)cc5Br)s4)nn23)CC1. The van der Waals surface area contributed by atoms with E-state index in [9.17, 15) is 9.18 Å². The molecule has 4 aromatic rings. The van der Waals surface area contributed by atoms with E-state index < -0.39 is 17.7 Å². The van der Waals surface area contributed by atoms with Gasteiger partial charge in [-0.25, -0.2) is 19.2 Å². The van der Waals surface area contributed by atoms with Gasteiger partial charge in [0.05, 0.1) is 17.8 Å². The number of fused-ring (bicyclic) bond motifs is 1. The van der Waals surface area contributed by atoms with Gasteiger partial charge in [0, 0.05) is 46.8 Å². The fraction of sp³-hybridized carbons (Fsp3) is 0.486. The quantitative estimate of drug-likeness (QED) is 0.114. The number of benzene rings is 1. The van der Waals surface area contributed by atoms with E-state index in [1.807, 2.05) is 50.5 Å². The van der Waals surface area contributed by atoms with Crippen LogP contribution in [-0.4, -0.2) is 50.8 Å². The number of anilines is 1. The monoisotopic (exact) mass is 711 g/mol. The highest BCUT2D eigenvalue weighted by Gasteiger charge is 2.38. The lowest BCUT2D eigenvalue weighted by Gasteiger charge is -2.41. The Hall–Kier alpha value is -3.15. The number of hydrogen-bond donors (Lipinski definition) is 0. The Balaban J connectivity index is 1.59. The maximum Gasteiger partial charge on any atom is 0.340 e. The molecule has 3 aromatic heterocycles. The van der Waals surface area contributed by atoms with Gasteiger partial charge in [-0.2, -0.15) is 9.61 Å². The topological polar surface area (TPSA) is 81.8 Å². The number of aromatic nitrogens is 4. The van der Waals surface area contributed by atoms with Crippen molar-refractivity contribution < 1.29 is 18.7 Å². The highest BCUT2D eigenvalue weighted by atomic mass is 79.9. The number of carbonyl (C=O) groups excluding carboxylic acids is 1. The molecule has 246 valence electrons. The number of halogens is 2. The summed E-state index contributed by atoms with van der Waals surface area (Å²) >= 11 is 5.02. The van der Waals surface area contributed by atoms with Crippen molar-refractivity contribution in [2.75, 3.05) is 24.6 Å². The fourth-order valence-corrected chi connectivity index (χ4v) is 7.33. The number of allylic oxidation sites excluding steroid dienone is 1. The minimum Gasteiger partial charge on any atom is -0.464 e. The van der Waals surface area contributed by atoms with Crippen LogP contribution in [0.5, 0.6) is 0 Å². The van der Waals surface area contributed by atoms with E-state index in [-0.39, 0.29) is 17.8 Å². The molecule has 1 atom stereocenters. The first-order valence-electron chi connectivity index (χ1n) is 15.8. The van der Waals surface area contributed by atoms with Gasteiger partial charge in [-0.15, -0.1) is 17.9 Å². The molecule has 5 rings (SSSR count). The molecule has 8 nitrogen and oxygen atoms in total. The summed E-state index contributed by atoms with van der Waals surface area (Å²) in [7, 11) is 0. The van der Waals surface area contributed by atoms with Gasteiger partial charge in [0.1, 0.15) is 22.3 Å². The van der Waals surface area contributed by atoms with E-state index in [2.05, 4.69) is 34.3 Å². The zero-order valence-corrected chi connectivity index (χ0v) is 29.9. The highest BCUT2D eigenvalue weighted by Crippen LogP contribution is 2.41. The average Bonchev–Trinajstić information content (AvgIpc) is 3.63. The molecule has 1 aliphatic heterocycles. The minimum absolute atomic E-state index is 0.209. The summed E-state index contributed by atoms with van der Waals surface area (Å²) in [6, 6.07) is 6.67. The summed E-state index contributed by atoms with van der Waals surface area (Å²) in [5, 5.41) is 5.82. The molecule has 0 spiro atoms. The second kappa shape index (κ2) is 13.9. The Kier molecular flexibility index (Phi) is 10.3. The summed E-state index contributed by atoms with van der Waals surface area (Å²) in [4.78, 5) is 26.5. The predicted octanol–water partition coefficient (Wildman–Crippen LogP) is 8.65. The minimum atomic E-state index is -0.978. The number of hydrogen-bond acceptors (Lipinski definition) is 8. The standard InChI is InChI=1S/C35H43BrFN5O3S/c1-8-10-13-35(7)14-16-41(17-15-35)32-29(30(33(43)44-9-2)45-34(4,5)6)22(3)39-28-20-27(40-42(28)32)31-38-21-25(46-31)18-23-11-12-24(37)19-26(23)36/h8,11-12,19-21,30H,1,9-10,13-18H2,2-7H3. The van der Waals surface area contributed by atoms with E-state index in [1.54, 1.807) is 24.3 Å². The zero-order valence-electron chi connectivity index (χ0n) is 27.5. The van der Waals surface area contributed by atoms with Gasteiger partial charge in [-0.3, -0.25) is 0 Å². The molecule has 0 saturated carbocycles. The molecule has 46 heavy (non-hydrogen) atoms. The van der Waals surface area contributed by atoms with Gasteiger partial charge < -0.3 is 14.4 Å². The van der Waals surface area contributed by atoms with E-state index >= 15 is 0 Å². The number of esters is 1. The second-order valence-electron chi connectivity index (χ2n) is 13.3. The van der Waals surface area contributed by atoms with E-state index in [1.165, 1.54) is 12.1 Å². The van der Waals surface area contributed by atoms with E-state index in [4.69, 9.17) is 24.5 Å². The van der Waals surface area contributed by atoms with Gasteiger partial charge in [-0.05, 0) is 83.4 Å². The van der Waals surface area contributed by atoms with Crippen molar-refractivity contribution in [2.45, 2.75) is 85.4 Å². The third kappa shape index (κ3) is 7.69. The summed E-state index contributed by atoms with van der Waals surface area (Å²) in [6.07, 6.45) is 7.54. The molecule has 0 N–H and O–H groups in total. The maximum atomic E-state index is 13.6. The molecule has 1 saturated heterocycles. The number of ether oxygens (including phenoxy) is 2. The molecule has 0 amide bonds. The molecule has 0 aliphatic carbocycles. The van der Waals surface area contributed by atoms with E-state index in [0.717, 1.165) is 64.5 Å². The molecular formula is C35H43BrFN5O3S. The number of rotatable bonds is 11.